The number of hydrogen-bond donors (Lipinski definition) is 2. The second-order valence-electron chi connectivity index (χ2n) is 10.3. The first-order valence-corrected chi connectivity index (χ1v) is 12.8. The monoisotopic (exact) mass is 450 g/mol. The molecule has 1 aromatic rings. The molecule has 4 atom stereocenters. The van der Waals surface area contributed by atoms with Gasteiger partial charge in [-0.05, 0) is 67.2 Å². The van der Waals surface area contributed by atoms with Gasteiger partial charge in [-0.1, -0.05) is 31.2 Å². The number of aliphatic hydroxyl groups excluding tert-OH is 1. The fourth-order valence-electron chi connectivity index (χ4n) is 5.89. The molecule has 0 unspecified atom stereocenters. The van der Waals surface area contributed by atoms with Crippen molar-refractivity contribution in [1.29, 1.82) is 0 Å². The molecule has 2 aliphatic carbocycles. The number of nitrogens with zero attached hydrogens (tertiary/aromatic N) is 3. The maximum absolute atomic E-state index is 13.8. The molecule has 0 bridgehead atoms. The largest absolute Gasteiger partial charge is 0.387 e. The van der Waals surface area contributed by atoms with Crippen molar-refractivity contribution in [2.24, 2.45) is 10.9 Å². The van der Waals surface area contributed by atoms with Gasteiger partial charge in [0, 0.05) is 45.5 Å². The van der Waals surface area contributed by atoms with E-state index < -0.39 is 6.10 Å². The van der Waals surface area contributed by atoms with Crippen LogP contribution in [0.5, 0.6) is 0 Å². The molecule has 1 aromatic carbocycles. The molecule has 2 heterocycles. The minimum atomic E-state index is -0.454. The first-order valence-electron chi connectivity index (χ1n) is 12.8. The van der Waals surface area contributed by atoms with Crippen molar-refractivity contribution in [2.75, 3.05) is 39.8 Å². The average Bonchev–Trinajstić information content (AvgIpc) is 3.47. The number of hydrogen-bond acceptors (Lipinski definition) is 5. The van der Waals surface area contributed by atoms with E-state index in [0.717, 1.165) is 74.8 Å². The van der Waals surface area contributed by atoms with Gasteiger partial charge in [0.2, 0.25) is 5.91 Å². The van der Waals surface area contributed by atoms with Gasteiger partial charge in [-0.3, -0.25) is 9.79 Å². The number of carbonyl (C=O) groups is 1. The molecule has 33 heavy (non-hydrogen) atoms. The van der Waals surface area contributed by atoms with Crippen LogP contribution >= 0.6 is 0 Å². The fourth-order valence-corrected chi connectivity index (χ4v) is 5.89. The lowest BCUT2D eigenvalue weighted by molar-refractivity contribution is -0.134. The summed E-state index contributed by atoms with van der Waals surface area (Å²) >= 11 is 0. The molecule has 4 aliphatic rings. The summed E-state index contributed by atoms with van der Waals surface area (Å²) in [5, 5.41) is 13.8. The molecule has 6 nitrogen and oxygen atoms in total. The summed E-state index contributed by atoms with van der Waals surface area (Å²) in [5.41, 5.74) is 4.55. The Labute approximate surface area is 197 Å². The lowest BCUT2D eigenvalue weighted by Crippen LogP contribution is -2.50. The van der Waals surface area contributed by atoms with Crippen LogP contribution in [0.2, 0.25) is 0 Å². The first-order chi connectivity index (χ1) is 16.0. The van der Waals surface area contributed by atoms with Crippen molar-refractivity contribution < 1.29 is 9.90 Å². The number of aliphatic hydroxyl groups is 1. The van der Waals surface area contributed by atoms with Gasteiger partial charge in [-0.2, -0.15) is 0 Å². The predicted octanol–water partition coefficient (Wildman–Crippen LogP) is 2.90. The number of aliphatic imine (C=N–C) groups is 1. The molecular formula is C27H38N4O2. The third-order valence-electron chi connectivity index (χ3n) is 8.02. The van der Waals surface area contributed by atoms with Crippen LogP contribution < -0.4 is 5.32 Å². The highest BCUT2D eigenvalue weighted by molar-refractivity contribution is 6.05. The SMILES string of the molecule is CN=C1/C(=C/N2CCN(C(=O)[C@@H](c3ccc(C4CC4)cc3)[C@@H]3CCCN3)CC2)[C@H](C)C[C@H]1O. The first kappa shape index (κ1) is 22.6. The van der Waals surface area contributed by atoms with Gasteiger partial charge in [0.05, 0.1) is 17.7 Å². The molecule has 0 aromatic heterocycles. The van der Waals surface area contributed by atoms with Gasteiger partial charge in [0.15, 0.2) is 0 Å². The number of piperazine rings is 1. The summed E-state index contributed by atoms with van der Waals surface area (Å²) < 4.78 is 0. The number of rotatable bonds is 5. The second kappa shape index (κ2) is 9.59. The molecule has 5 rings (SSSR count). The van der Waals surface area contributed by atoms with E-state index in [2.05, 4.69) is 57.5 Å². The van der Waals surface area contributed by atoms with Crippen LogP contribution in [0.3, 0.4) is 0 Å². The minimum absolute atomic E-state index is 0.102. The normalized spacial score (nSPS) is 31.5. The van der Waals surface area contributed by atoms with Crippen LogP contribution in [0, 0.1) is 5.92 Å². The van der Waals surface area contributed by atoms with Crippen LogP contribution in [0.25, 0.3) is 0 Å². The highest BCUT2D eigenvalue weighted by Crippen LogP contribution is 2.40. The van der Waals surface area contributed by atoms with Crippen molar-refractivity contribution in [2.45, 2.75) is 63.0 Å². The van der Waals surface area contributed by atoms with Gasteiger partial charge in [-0.15, -0.1) is 0 Å². The Balaban J connectivity index is 1.27. The smallest absolute Gasteiger partial charge is 0.231 e. The highest BCUT2D eigenvalue weighted by Gasteiger charge is 2.36. The van der Waals surface area contributed by atoms with Crippen molar-refractivity contribution in [3.05, 3.63) is 47.2 Å². The van der Waals surface area contributed by atoms with Crippen molar-refractivity contribution >= 4 is 11.6 Å². The highest BCUT2D eigenvalue weighted by atomic mass is 16.3. The van der Waals surface area contributed by atoms with E-state index in [1.54, 1.807) is 7.05 Å². The van der Waals surface area contributed by atoms with E-state index in [9.17, 15) is 9.90 Å². The lowest BCUT2D eigenvalue weighted by atomic mass is 9.88. The van der Waals surface area contributed by atoms with E-state index in [4.69, 9.17) is 0 Å². The third-order valence-corrected chi connectivity index (χ3v) is 8.02. The molecule has 1 amide bonds. The van der Waals surface area contributed by atoms with E-state index in [-0.39, 0.29) is 17.9 Å². The molecule has 0 radical (unpaired) electrons. The summed E-state index contributed by atoms with van der Waals surface area (Å²) in [5.74, 6) is 1.22. The van der Waals surface area contributed by atoms with Gasteiger partial charge in [0.25, 0.3) is 0 Å². The Morgan fingerprint density at radius 2 is 1.88 bits per heavy atom. The molecular weight excluding hydrogens is 412 g/mol. The summed E-state index contributed by atoms with van der Waals surface area (Å²) in [6, 6.07) is 9.13. The van der Waals surface area contributed by atoms with Crippen LogP contribution in [-0.2, 0) is 4.79 Å². The maximum Gasteiger partial charge on any atom is 0.231 e. The van der Waals surface area contributed by atoms with Crippen LogP contribution in [0.15, 0.2) is 41.0 Å². The zero-order chi connectivity index (χ0) is 22.9. The molecule has 6 heteroatoms. The predicted molar refractivity (Wildman–Crippen MR) is 132 cm³/mol. The number of nitrogens with one attached hydrogen (secondary N) is 1. The zero-order valence-electron chi connectivity index (χ0n) is 20.0. The Kier molecular flexibility index (Phi) is 6.57. The lowest BCUT2D eigenvalue weighted by Gasteiger charge is -2.37. The van der Waals surface area contributed by atoms with Crippen LogP contribution in [0.4, 0.5) is 0 Å². The average molecular weight is 451 g/mol. The van der Waals surface area contributed by atoms with Crippen LogP contribution in [-0.4, -0.2) is 78.4 Å². The molecule has 2 aliphatic heterocycles. The molecule has 2 N–H and O–H groups in total. The minimum Gasteiger partial charge on any atom is -0.387 e. The van der Waals surface area contributed by atoms with Crippen molar-refractivity contribution in [3.63, 3.8) is 0 Å². The summed E-state index contributed by atoms with van der Waals surface area (Å²) in [4.78, 5) is 22.5. The molecule has 2 saturated carbocycles. The fraction of sp³-hybridized carbons (Fsp3) is 0.630. The van der Waals surface area contributed by atoms with Crippen molar-refractivity contribution in [1.82, 2.24) is 15.1 Å². The van der Waals surface area contributed by atoms with Crippen molar-refractivity contribution in [3.8, 4) is 0 Å². The summed E-state index contributed by atoms with van der Waals surface area (Å²) in [7, 11) is 1.76. The quantitative estimate of drug-likeness (QED) is 0.724. The van der Waals surface area contributed by atoms with Gasteiger partial charge in [0.1, 0.15) is 0 Å². The van der Waals surface area contributed by atoms with E-state index in [1.165, 1.54) is 18.4 Å². The Morgan fingerprint density at radius 3 is 2.48 bits per heavy atom. The van der Waals surface area contributed by atoms with E-state index in [0.29, 0.717) is 5.92 Å². The Morgan fingerprint density at radius 1 is 1.15 bits per heavy atom. The Hall–Kier alpha value is -2.18. The third kappa shape index (κ3) is 4.73. The molecule has 0 spiro atoms. The van der Waals surface area contributed by atoms with Crippen LogP contribution in [0.1, 0.15) is 62.0 Å². The van der Waals surface area contributed by atoms with E-state index >= 15 is 0 Å². The number of benzene rings is 1. The molecule has 4 fully saturated rings. The van der Waals surface area contributed by atoms with Gasteiger partial charge >= 0.3 is 0 Å². The molecule has 178 valence electrons. The van der Waals surface area contributed by atoms with Gasteiger partial charge in [-0.25, -0.2) is 0 Å². The summed E-state index contributed by atoms with van der Waals surface area (Å²) in [6.07, 6.45) is 7.27. The second-order valence-corrected chi connectivity index (χ2v) is 10.3. The zero-order valence-corrected chi connectivity index (χ0v) is 20.0. The number of amides is 1. The topological polar surface area (TPSA) is 68.2 Å². The molecule has 2 saturated heterocycles. The standard InChI is InChI=1S/C27H38N4O2/c1-18-16-24(32)26(28-2)22(18)17-30-12-14-31(15-13-30)27(33)25(23-4-3-11-29-23)21-9-7-20(8-10-21)19-5-6-19/h7-10,17-19,23-25,29,32H,3-6,11-16H2,1-2H3/b22-17+,28-26?/t18-,23+,24-,25+/m1/s1. The van der Waals surface area contributed by atoms with Gasteiger partial charge < -0.3 is 20.2 Å². The van der Waals surface area contributed by atoms with E-state index in [1.807, 2.05) is 0 Å². The number of carbonyl (C=O) groups excluding carboxylic acids is 1. The summed E-state index contributed by atoms with van der Waals surface area (Å²) in [6.45, 7) is 6.27. The maximum atomic E-state index is 13.8. The Bertz CT molecular complexity index is 907.